The second kappa shape index (κ2) is 22.6. The van der Waals surface area contributed by atoms with Gasteiger partial charge in [-0.2, -0.15) is 0 Å². The summed E-state index contributed by atoms with van der Waals surface area (Å²) in [5, 5.41) is 18.9. The van der Waals surface area contributed by atoms with E-state index in [-0.39, 0.29) is 23.6 Å². The fourth-order valence-corrected chi connectivity index (χ4v) is 16.1. The highest BCUT2D eigenvalue weighted by molar-refractivity contribution is 7.96. The van der Waals surface area contributed by atoms with E-state index in [4.69, 9.17) is 0 Å². The van der Waals surface area contributed by atoms with Crippen molar-refractivity contribution in [2.75, 3.05) is 38.5 Å². The Balaban J connectivity index is 0.855. The van der Waals surface area contributed by atoms with Crippen LogP contribution in [-0.4, -0.2) is 62.1 Å². The third kappa shape index (κ3) is 11.1. The van der Waals surface area contributed by atoms with Crippen molar-refractivity contribution in [3.8, 4) is 0 Å². The van der Waals surface area contributed by atoms with Gasteiger partial charge in [0, 0.05) is 37.3 Å². The van der Waals surface area contributed by atoms with E-state index in [9.17, 15) is 19.2 Å². The van der Waals surface area contributed by atoms with Crippen molar-refractivity contribution >= 4 is 70.0 Å². The molecule has 0 aromatic heterocycles. The highest BCUT2D eigenvalue weighted by Gasteiger charge is 2.48. The number of carbonyl (C=O) groups is 4. The van der Waals surface area contributed by atoms with Crippen molar-refractivity contribution in [1.82, 2.24) is 21.3 Å². The van der Waals surface area contributed by atoms with Gasteiger partial charge in [0.25, 0.3) is 23.6 Å². The third-order valence-electron chi connectivity index (χ3n) is 11.3. The van der Waals surface area contributed by atoms with E-state index in [1.165, 1.54) is 0 Å². The minimum Gasteiger partial charge on any atom is -0.353 e. The molecule has 0 bridgehead atoms. The van der Waals surface area contributed by atoms with Crippen molar-refractivity contribution < 1.29 is 19.2 Å². The zero-order chi connectivity index (χ0) is 44.5. The van der Waals surface area contributed by atoms with E-state index < -0.39 is 14.5 Å². The summed E-state index contributed by atoms with van der Waals surface area (Å²) in [6.07, 6.45) is 1.77. The van der Waals surface area contributed by atoms with Gasteiger partial charge in [-0.15, -0.1) is 0 Å². The molecular formula is C54H54N4O4P2+2. The molecule has 0 saturated heterocycles. The van der Waals surface area contributed by atoms with Crippen molar-refractivity contribution in [1.29, 1.82) is 0 Å². The van der Waals surface area contributed by atoms with E-state index in [0.29, 0.717) is 62.5 Å². The summed E-state index contributed by atoms with van der Waals surface area (Å²) in [7, 11) is -4.61. The molecule has 0 aliphatic carbocycles. The molecule has 0 aliphatic rings. The van der Waals surface area contributed by atoms with E-state index in [2.05, 4.69) is 94.1 Å². The minimum atomic E-state index is -2.30. The van der Waals surface area contributed by atoms with Crippen molar-refractivity contribution in [2.24, 2.45) is 0 Å². The van der Waals surface area contributed by atoms with Crippen molar-refractivity contribution in [2.45, 2.75) is 12.8 Å². The van der Waals surface area contributed by atoms with E-state index >= 15 is 0 Å². The first-order chi connectivity index (χ1) is 31.4. The zero-order valence-electron chi connectivity index (χ0n) is 35.8. The van der Waals surface area contributed by atoms with E-state index in [1.807, 2.05) is 109 Å². The number of amides is 4. The maximum Gasteiger partial charge on any atom is 0.258 e. The summed E-state index contributed by atoms with van der Waals surface area (Å²) in [4.78, 5) is 53.3. The maximum absolute atomic E-state index is 13.7. The third-order valence-corrected chi connectivity index (χ3v) is 19.9. The molecule has 64 heavy (non-hydrogen) atoms. The number of benzene rings is 7. The van der Waals surface area contributed by atoms with Gasteiger partial charge in [0.05, 0.1) is 0 Å². The lowest BCUT2D eigenvalue weighted by Gasteiger charge is -2.27. The van der Waals surface area contributed by atoms with E-state index in [0.717, 1.165) is 31.8 Å². The molecule has 0 atom stereocenters. The Labute approximate surface area is 377 Å². The van der Waals surface area contributed by atoms with Crippen molar-refractivity contribution in [3.63, 3.8) is 0 Å². The van der Waals surface area contributed by atoms with Gasteiger partial charge in [-0.25, -0.2) is 0 Å². The molecule has 0 unspecified atom stereocenters. The van der Waals surface area contributed by atoms with Crippen LogP contribution in [0.15, 0.2) is 206 Å². The van der Waals surface area contributed by atoms with Crippen LogP contribution in [0.25, 0.3) is 0 Å². The van der Waals surface area contributed by atoms with Gasteiger partial charge in [0.1, 0.15) is 46.4 Å². The highest BCUT2D eigenvalue weighted by Crippen LogP contribution is 2.56. The fourth-order valence-electron chi connectivity index (χ4n) is 8.09. The Bertz CT molecular complexity index is 2190. The zero-order valence-corrected chi connectivity index (χ0v) is 37.6. The summed E-state index contributed by atoms with van der Waals surface area (Å²) >= 11 is 0. The second-order valence-corrected chi connectivity index (χ2v) is 22.4. The lowest BCUT2D eigenvalue weighted by Crippen LogP contribution is -2.40. The van der Waals surface area contributed by atoms with Gasteiger partial charge >= 0.3 is 0 Å². The Kier molecular flexibility index (Phi) is 16.0. The summed E-state index contributed by atoms with van der Waals surface area (Å²) < 4.78 is 0. The van der Waals surface area contributed by atoms with Crippen LogP contribution in [-0.2, 0) is 9.59 Å². The van der Waals surface area contributed by atoms with Crippen LogP contribution >= 0.6 is 14.5 Å². The van der Waals surface area contributed by atoms with Crippen LogP contribution in [0.3, 0.4) is 0 Å². The first kappa shape index (κ1) is 45.3. The lowest BCUT2D eigenvalue weighted by atomic mass is 10.1. The molecule has 4 amide bonds. The first-order valence-electron chi connectivity index (χ1n) is 21.7. The fraction of sp³-hybridized carbons (Fsp3) is 0.148. The van der Waals surface area contributed by atoms with Crippen LogP contribution < -0.4 is 53.1 Å². The predicted molar refractivity (Wildman–Crippen MR) is 266 cm³/mol. The van der Waals surface area contributed by atoms with Crippen LogP contribution in [0.5, 0.6) is 0 Å². The number of hydrogen-bond acceptors (Lipinski definition) is 4. The molecule has 4 N–H and O–H groups in total. The smallest absolute Gasteiger partial charge is 0.258 e. The number of rotatable bonds is 20. The molecule has 0 aliphatic heterocycles. The summed E-state index contributed by atoms with van der Waals surface area (Å²) in [6.45, 7) is 1.58. The molecule has 0 spiro atoms. The molecule has 7 rings (SSSR count). The van der Waals surface area contributed by atoms with Crippen LogP contribution in [0.1, 0.15) is 33.6 Å². The molecule has 0 saturated carbocycles. The summed E-state index contributed by atoms with van der Waals surface area (Å²) in [5.41, 5.74) is 0.874. The molecule has 10 heteroatoms. The largest absolute Gasteiger partial charge is 0.353 e. The Morgan fingerprint density at radius 2 is 0.516 bits per heavy atom. The Morgan fingerprint density at radius 1 is 0.297 bits per heavy atom. The number of hydrogen-bond donors (Lipinski definition) is 4. The normalized spacial score (nSPS) is 11.2. The SMILES string of the molecule is O=C(C[P+](c1ccccc1)(c1ccccc1)c1ccccc1)NCCCNC(=O)c1ccc(C(=O)NCCCNC(=O)C[P+](c2ccccc2)(c2ccccc2)c2ccccc2)cc1. The van der Waals surface area contributed by atoms with Gasteiger partial charge in [-0.05, 0) is 110 Å². The number of nitrogens with one attached hydrogen (secondary N) is 4. The van der Waals surface area contributed by atoms with Crippen LogP contribution in [0.4, 0.5) is 0 Å². The Morgan fingerprint density at radius 3 is 0.750 bits per heavy atom. The highest BCUT2D eigenvalue weighted by atomic mass is 31.2. The molecule has 0 fully saturated rings. The molecule has 7 aromatic rings. The second-order valence-electron chi connectivity index (χ2n) is 15.4. The van der Waals surface area contributed by atoms with Crippen molar-refractivity contribution in [3.05, 3.63) is 217 Å². The predicted octanol–water partition coefficient (Wildman–Crippen LogP) is 6.15. The Hall–Kier alpha value is -6.72. The summed E-state index contributed by atoms with van der Waals surface area (Å²) in [5.74, 6) is -0.587. The lowest BCUT2D eigenvalue weighted by molar-refractivity contribution is -0.119. The molecule has 0 radical (unpaired) electrons. The standard InChI is InChI=1S/C54H52N4O4P2/c59-51(41-63(45-21-7-1-8-22-45,46-23-9-2-10-24-46)47-25-11-3-12-26-47)55-37-19-39-57-53(61)43-33-35-44(36-34-43)54(62)58-40-20-38-56-52(60)42-64(48-27-13-4-14-28-48,49-29-15-5-16-30-49)50-31-17-6-18-32-50/h1-18,21-36H,19-20,37-42H2,(H2-2,55,56,57,58,59,60,61,62)/p+2. The average Bonchev–Trinajstić information content (AvgIpc) is 3.36. The topological polar surface area (TPSA) is 116 Å². The molecule has 7 aromatic carbocycles. The van der Waals surface area contributed by atoms with Gasteiger partial charge in [-0.3, -0.25) is 19.2 Å². The van der Waals surface area contributed by atoms with Gasteiger partial charge in [-0.1, -0.05) is 109 Å². The first-order valence-corrected chi connectivity index (χ1v) is 25.6. The summed E-state index contributed by atoms with van der Waals surface area (Å²) in [6, 6.07) is 68.3. The molecular weight excluding hydrogens is 831 g/mol. The minimum absolute atomic E-state index is 0.0383. The van der Waals surface area contributed by atoms with Crippen LogP contribution in [0.2, 0.25) is 0 Å². The average molecular weight is 885 g/mol. The molecule has 8 nitrogen and oxygen atoms in total. The van der Waals surface area contributed by atoms with Gasteiger partial charge in [0.2, 0.25) is 0 Å². The number of carbonyl (C=O) groups excluding carboxylic acids is 4. The van der Waals surface area contributed by atoms with E-state index in [1.54, 1.807) is 24.3 Å². The van der Waals surface area contributed by atoms with Gasteiger partial charge < -0.3 is 21.3 Å². The monoisotopic (exact) mass is 884 g/mol. The van der Waals surface area contributed by atoms with Gasteiger partial charge in [0.15, 0.2) is 12.3 Å². The molecule has 0 heterocycles. The van der Waals surface area contributed by atoms with Crippen LogP contribution in [0, 0.1) is 0 Å². The molecule has 322 valence electrons. The maximum atomic E-state index is 13.7. The quantitative estimate of drug-likeness (QED) is 0.0544.